The van der Waals surface area contributed by atoms with Crippen molar-refractivity contribution in [2.45, 2.75) is 51.0 Å². The Morgan fingerprint density at radius 1 is 1.12 bits per heavy atom. The lowest BCUT2D eigenvalue weighted by Crippen LogP contribution is -2.46. The monoisotopic (exact) mass is 349 g/mol. The number of hydrogen-bond donors (Lipinski definition) is 2. The number of piperidine rings is 1. The molecule has 1 aliphatic rings. The summed E-state index contributed by atoms with van der Waals surface area (Å²) < 4.78 is 13.7. The lowest BCUT2D eigenvalue weighted by Gasteiger charge is -2.32. The second-order valence-electron chi connectivity index (χ2n) is 6.57. The highest BCUT2D eigenvalue weighted by Gasteiger charge is 2.25. The third kappa shape index (κ3) is 6.12. The Morgan fingerprint density at radius 3 is 2.48 bits per heavy atom. The van der Waals surface area contributed by atoms with Crippen molar-refractivity contribution in [3.05, 3.63) is 35.6 Å². The third-order valence-electron chi connectivity index (χ3n) is 4.61. The Labute approximate surface area is 148 Å². The van der Waals surface area contributed by atoms with Crippen molar-refractivity contribution in [3.63, 3.8) is 0 Å². The molecule has 0 unspecified atom stereocenters. The molecule has 6 heteroatoms. The molecule has 138 valence electrons. The zero-order valence-electron chi connectivity index (χ0n) is 14.7. The number of carbonyl (C=O) groups excluding carboxylic acids is 2. The van der Waals surface area contributed by atoms with E-state index in [1.807, 2.05) is 0 Å². The van der Waals surface area contributed by atoms with Gasteiger partial charge < -0.3 is 16.0 Å². The summed E-state index contributed by atoms with van der Waals surface area (Å²) in [5, 5.41) is 3.04. The van der Waals surface area contributed by atoms with Crippen LogP contribution in [0.15, 0.2) is 24.3 Å². The first kappa shape index (κ1) is 19.4. The second kappa shape index (κ2) is 10.1. The molecular weight excluding hydrogens is 321 g/mol. The molecule has 5 nitrogen and oxygen atoms in total. The van der Waals surface area contributed by atoms with Gasteiger partial charge in [0.05, 0.1) is 5.56 Å². The highest BCUT2D eigenvalue weighted by Crippen LogP contribution is 2.16. The maximum atomic E-state index is 13.7. The molecule has 0 spiro atoms. The number of amides is 2. The van der Waals surface area contributed by atoms with E-state index in [9.17, 15) is 14.0 Å². The van der Waals surface area contributed by atoms with Crippen LogP contribution in [0.3, 0.4) is 0 Å². The molecule has 3 N–H and O–H groups in total. The van der Waals surface area contributed by atoms with E-state index in [1.165, 1.54) is 12.1 Å². The van der Waals surface area contributed by atoms with E-state index in [4.69, 9.17) is 5.73 Å². The van der Waals surface area contributed by atoms with Crippen LogP contribution >= 0.6 is 0 Å². The first-order valence-corrected chi connectivity index (χ1v) is 9.15. The van der Waals surface area contributed by atoms with Crippen molar-refractivity contribution in [1.29, 1.82) is 0 Å². The number of benzene rings is 1. The number of rotatable bonds is 8. The minimum atomic E-state index is -0.488. The first-order valence-electron chi connectivity index (χ1n) is 9.15. The molecule has 0 aromatic heterocycles. The zero-order chi connectivity index (χ0) is 18.1. The molecule has 1 aromatic carbocycles. The minimum absolute atomic E-state index is 0.0756. The lowest BCUT2D eigenvalue weighted by molar-refractivity contribution is -0.122. The maximum Gasteiger partial charge on any atom is 0.256 e. The molecule has 0 atom stereocenters. The average Bonchev–Trinajstić information content (AvgIpc) is 2.62. The number of carbonyl (C=O) groups is 2. The molecule has 1 aromatic rings. The Balaban J connectivity index is 1.70. The molecule has 0 saturated carbocycles. The number of unbranched alkanes of at least 4 members (excludes halogenated alkanes) is 3. The summed E-state index contributed by atoms with van der Waals surface area (Å²) in [7, 11) is 0. The fraction of sp³-hybridized carbons (Fsp3) is 0.579. The number of halogens is 1. The van der Waals surface area contributed by atoms with Gasteiger partial charge in [-0.15, -0.1) is 0 Å². The van der Waals surface area contributed by atoms with Crippen molar-refractivity contribution < 1.29 is 14.0 Å². The van der Waals surface area contributed by atoms with Crippen LogP contribution < -0.4 is 11.1 Å². The van der Waals surface area contributed by atoms with E-state index in [0.29, 0.717) is 38.9 Å². The summed E-state index contributed by atoms with van der Waals surface area (Å²) in [6.07, 6.45) is 5.95. The van der Waals surface area contributed by atoms with Crippen LogP contribution in [0.2, 0.25) is 0 Å². The van der Waals surface area contributed by atoms with Crippen LogP contribution in [0.5, 0.6) is 0 Å². The third-order valence-corrected chi connectivity index (χ3v) is 4.61. The lowest BCUT2D eigenvalue weighted by atomic mass is 10.0. The molecule has 1 saturated heterocycles. The minimum Gasteiger partial charge on any atom is -0.353 e. The number of nitrogens with zero attached hydrogens (tertiary/aromatic N) is 1. The van der Waals surface area contributed by atoms with Gasteiger partial charge in [0.15, 0.2) is 0 Å². The highest BCUT2D eigenvalue weighted by molar-refractivity contribution is 5.94. The summed E-state index contributed by atoms with van der Waals surface area (Å²) in [6.45, 7) is 1.78. The molecule has 1 fully saturated rings. The summed E-state index contributed by atoms with van der Waals surface area (Å²) in [6, 6.07) is 6.14. The molecule has 0 aliphatic carbocycles. The summed E-state index contributed by atoms with van der Waals surface area (Å²) in [4.78, 5) is 26.0. The van der Waals surface area contributed by atoms with Gasteiger partial charge in [-0.25, -0.2) is 4.39 Å². The normalized spacial score (nSPS) is 15.2. The van der Waals surface area contributed by atoms with Gasteiger partial charge in [0.1, 0.15) is 5.82 Å². The average molecular weight is 349 g/mol. The van der Waals surface area contributed by atoms with E-state index in [2.05, 4.69) is 5.32 Å². The van der Waals surface area contributed by atoms with E-state index in [0.717, 1.165) is 25.7 Å². The topological polar surface area (TPSA) is 75.4 Å². The zero-order valence-corrected chi connectivity index (χ0v) is 14.7. The van der Waals surface area contributed by atoms with Gasteiger partial charge in [-0.3, -0.25) is 9.59 Å². The van der Waals surface area contributed by atoms with Crippen LogP contribution in [0, 0.1) is 5.82 Å². The van der Waals surface area contributed by atoms with Crippen molar-refractivity contribution in [2.24, 2.45) is 5.73 Å². The molecule has 25 heavy (non-hydrogen) atoms. The standard InChI is InChI=1S/C19H28FN3O2/c20-17-8-5-4-7-16(17)19(25)23-13-10-15(11-14-23)22-18(24)9-3-1-2-6-12-21/h4-5,7-8,15H,1-3,6,9-14,21H2,(H,22,24). The molecule has 0 bridgehead atoms. The van der Waals surface area contributed by atoms with Crippen LogP contribution in [-0.2, 0) is 4.79 Å². The van der Waals surface area contributed by atoms with Gasteiger partial charge in [0.2, 0.25) is 5.91 Å². The number of hydrogen-bond acceptors (Lipinski definition) is 3. The smallest absolute Gasteiger partial charge is 0.256 e. The van der Waals surface area contributed by atoms with E-state index < -0.39 is 5.82 Å². The van der Waals surface area contributed by atoms with Gasteiger partial charge in [0.25, 0.3) is 5.91 Å². The molecule has 1 heterocycles. The SMILES string of the molecule is NCCCCCCC(=O)NC1CCN(C(=O)c2ccccc2F)CC1. The number of nitrogens with one attached hydrogen (secondary N) is 1. The Bertz CT molecular complexity index is 572. The van der Waals surface area contributed by atoms with Gasteiger partial charge in [0, 0.05) is 25.6 Å². The second-order valence-corrected chi connectivity index (χ2v) is 6.57. The predicted molar refractivity (Wildman–Crippen MR) is 95.6 cm³/mol. The van der Waals surface area contributed by atoms with Crippen LogP contribution in [0.25, 0.3) is 0 Å². The van der Waals surface area contributed by atoms with Crippen molar-refractivity contribution >= 4 is 11.8 Å². The van der Waals surface area contributed by atoms with Crippen molar-refractivity contribution in [2.75, 3.05) is 19.6 Å². The Morgan fingerprint density at radius 2 is 1.80 bits per heavy atom. The molecule has 2 amide bonds. The number of nitrogens with two attached hydrogens (primary N) is 1. The summed E-state index contributed by atoms with van der Waals surface area (Å²) in [5.74, 6) is -0.688. The maximum absolute atomic E-state index is 13.7. The Hall–Kier alpha value is -1.95. The van der Waals surface area contributed by atoms with Crippen molar-refractivity contribution in [3.8, 4) is 0 Å². The number of likely N-dealkylation sites (tertiary alicyclic amines) is 1. The van der Waals surface area contributed by atoms with Gasteiger partial charge in [-0.05, 0) is 44.4 Å². The molecule has 2 rings (SSSR count). The van der Waals surface area contributed by atoms with Crippen LogP contribution in [0.1, 0.15) is 55.3 Å². The van der Waals surface area contributed by atoms with E-state index in [1.54, 1.807) is 17.0 Å². The van der Waals surface area contributed by atoms with Gasteiger partial charge >= 0.3 is 0 Å². The summed E-state index contributed by atoms with van der Waals surface area (Å²) in [5.41, 5.74) is 5.56. The van der Waals surface area contributed by atoms with Crippen LogP contribution in [0.4, 0.5) is 4.39 Å². The summed E-state index contributed by atoms with van der Waals surface area (Å²) >= 11 is 0. The highest BCUT2D eigenvalue weighted by atomic mass is 19.1. The largest absolute Gasteiger partial charge is 0.353 e. The van der Waals surface area contributed by atoms with Crippen LogP contribution in [-0.4, -0.2) is 42.4 Å². The predicted octanol–water partition coefficient (Wildman–Crippen LogP) is 2.46. The quantitative estimate of drug-likeness (QED) is 0.708. The fourth-order valence-electron chi connectivity index (χ4n) is 3.12. The first-order chi connectivity index (χ1) is 12.1. The Kier molecular flexibility index (Phi) is 7.85. The molecular formula is C19H28FN3O2. The van der Waals surface area contributed by atoms with E-state index in [-0.39, 0.29) is 23.4 Å². The molecule has 0 radical (unpaired) electrons. The van der Waals surface area contributed by atoms with E-state index >= 15 is 0 Å². The van der Waals surface area contributed by atoms with Gasteiger partial charge in [-0.2, -0.15) is 0 Å². The van der Waals surface area contributed by atoms with Crippen molar-refractivity contribution in [1.82, 2.24) is 10.2 Å². The van der Waals surface area contributed by atoms with Gasteiger partial charge in [-0.1, -0.05) is 25.0 Å². The fourth-order valence-corrected chi connectivity index (χ4v) is 3.12. The molecule has 1 aliphatic heterocycles.